The molecule has 0 saturated carbocycles. The Morgan fingerprint density at radius 3 is 2.75 bits per heavy atom. The minimum Gasteiger partial charge on any atom is -0.496 e. The Hall–Kier alpha value is -2.09. The molecule has 1 aromatic rings. The first-order chi connectivity index (χ1) is 11.5. The Labute approximate surface area is 147 Å². The summed E-state index contributed by atoms with van der Waals surface area (Å²) in [5.74, 6) is 0.405. The largest absolute Gasteiger partial charge is 0.496 e. The minimum atomic E-state index is -0.615. The Morgan fingerprint density at radius 2 is 2.12 bits per heavy atom. The zero-order chi connectivity index (χ0) is 17.3. The van der Waals surface area contributed by atoms with Crippen molar-refractivity contribution in [3.05, 3.63) is 28.2 Å². The van der Waals surface area contributed by atoms with Crippen LogP contribution in [0.25, 0.3) is 0 Å². The van der Waals surface area contributed by atoms with E-state index < -0.39 is 6.09 Å². The van der Waals surface area contributed by atoms with Gasteiger partial charge < -0.3 is 14.4 Å². The molecule has 2 fully saturated rings. The molecule has 0 spiro atoms. The number of carbonyl (C=O) groups is 3. The molecule has 2 aliphatic heterocycles. The number of carbonyl (C=O) groups excluding carboxylic acids is 3. The topological polar surface area (TPSA) is 76.2 Å². The van der Waals surface area contributed by atoms with Gasteiger partial charge in [-0.3, -0.25) is 9.59 Å². The highest BCUT2D eigenvalue weighted by Crippen LogP contribution is 2.25. The maximum Gasteiger partial charge on any atom is 0.417 e. The molecule has 0 atom stereocenters. The lowest BCUT2D eigenvalue weighted by Gasteiger charge is -2.42. The van der Waals surface area contributed by atoms with Crippen LogP contribution in [0.3, 0.4) is 0 Å². The average molecular weight is 397 g/mol. The van der Waals surface area contributed by atoms with Crippen molar-refractivity contribution in [3.63, 3.8) is 0 Å². The fourth-order valence-electron chi connectivity index (χ4n) is 2.88. The summed E-state index contributed by atoms with van der Waals surface area (Å²) in [6.45, 7) is 0.538. The Morgan fingerprint density at radius 1 is 1.38 bits per heavy atom. The van der Waals surface area contributed by atoms with Gasteiger partial charge in [-0.2, -0.15) is 0 Å². The SMILES string of the molecule is COc1ccc(Br)cc1CCC(=O)N1CC(N2C(=O)COC2=O)C1. The highest BCUT2D eigenvalue weighted by Gasteiger charge is 2.44. The van der Waals surface area contributed by atoms with Crippen LogP contribution < -0.4 is 4.74 Å². The smallest absolute Gasteiger partial charge is 0.417 e. The second-order valence-corrected chi connectivity index (χ2v) is 6.64. The van der Waals surface area contributed by atoms with Gasteiger partial charge in [0.05, 0.1) is 13.2 Å². The number of methoxy groups -OCH3 is 1. The summed E-state index contributed by atoms with van der Waals surface area (Å²) in [6, 6.07) is 5.41. The molecule has 2 aliphatic rings. The standard InChI is InChI=1S/C16H17BrN2O5/c1-23-13-4-3-11(17)6-10(13)2-5-14(20)18-7-12(8-18)19-15(21)9-24-16(19)22/h3-4,6,12H,2,5,7-9H2,1H3. The third kappa shape index (κ3) is 3.24. The highest BCUT2D eigenvalue weighted by molar-refractivity contribution is 9.10. The average Bonchev–Trinajstić information content (AvgIpc) is 2.84. The normalized spacial score (nSPS) is 17.8. The molecule has 128 valence electrons. The summed E-state index contributed by atoms with van der Waals surface area (Å²) in [5.41, 5.74) is 0.954. The highest BCUT2D eigenvalue weighted by atomic mass is 79.9. The van der Waals surface area contributed by atoms with Gasteiger partial charge in [0.25, 0.3) is 5.91 Å². The first-order valence-electron chi connectivity index (χ1n) is 7.58. The van der Waals surface area contributed by atoms with Gasteiger partial charge in [0, 0.05) is 24.0 Å². The zero-order valence-corrected chi connectivity index (χ0v) is 14.7. The van der Waals surface area contributed by atoms with Gasteiger partial charge in [0.15, 0.2) is 6.61 Å². The number of nitrogens with zero attached hydrogens (tertiary/aromatic N) is 2. The van der Waals surface area contributed by atoms with Crippen molar-refractivity contribution in [2.45, 2.75) is 18.9 Å². The lowest BCUT2D eigenvalue weighted by atomic mass is 10.0. The van der Waals surface area contributed by atoms with E-state index in [1.54, 1.807) is 12.0 Å². The van der Waals surface area contributed by atoms with Gasteiger partial charge in [-0.25, -0.2) is 9.69 Å². The molecule has 0 aromatic heterocycles. The number of likely N-dealkylation sites (tertiary alicyclic amines) is 1. The van der Waals surface area contributed by atoms with E-state index in [1.807, 2.05) is 18.2 Å². The van der Waals surface area contributed by atoms with Crippen LogP contribution in [-0.4, -0.2) is 60.6 Å². The van der Waals surface area contributed by atoms with Gasteiger partial charge >= 0.3 is 6.09 Å². The van der Waals surface area contributed by atoms with Crippen molar-refractivity contribution in [3.8, 4) is 5.75 Å². The molecule has 2 saturated heterocycles. The predicted octanol–water partition coefficient (Wildman–Crippen LogP) is 1.58. The Bertz CT molecular complexity index is 671. The van der Waals surface area contributed by atoms with E-state index in [0.29, 0.717) is 25.9 Å². The maximum atomic E-state index is 12.3. The molecule has 8 heteroatoms. The van der Waals surface area contributed by atoms with Gasteiger partial charge in [0.2, 0.25) is 5.91 Å². The number of aryl methyl sites for hydroxylation is 1. The number of amides is 3. The molecular formula is C16H17BrN2O5. The van der Waals surface area contributed by atoms with E-state index in [4.69, 9.17) is 4.74 Å². The van der Waals surface area contributed by atoms with Crippen LogP contribution in [0.4, 0.5) is 4.79 Å². The molecule has 0 radical (unpaired) electrons. The van der Waals surface area contributed by atoms with Gasteiger partial charge in [0.1, 0.15) is 5.75 Å². The summed E-state index contributed by atoms with van der Waals surface area (Å²) in [5, 5.41) is 0. The molecule has 0 bridgehead atoms. The van der Waals surface area contributed by atoms with Crippen LogP contribution >= 0.6 is 15.9 Å². The quantitative estimate of drug-likeness (QED) is 0.754. The van der Waals surface area contributed by atoms with Crippen molar-refractivity contribution in [1.82, 2.24) is 9.80 Å². The summed E-state index contributed by atoms with van der Waals surface area (Å²) in [4.78, 5) is 38.1. The zero-order valence-electron chi connectivity index (χ0n) is 13.2. The molecule has 3 rings (SSSR count). The first-order valence-corrected chi connectivity index (χ1v) is 8.38. The number of rotatable bonds is 5. The fraction of sp³-hybridized carbons (Fsp3) is 0.438. The second-order valence-electron chi connectivity index (χ2n) is 5.73. The molecule has 7 nitrogen and oxygen atoms in total. The van der Waals surface area contributed by atoms with Crippen LogP contribution in [0.2, 0.25) is 0 Å². The van der Waals surface area contributed by atoms with E-state index in [0.717, 1.165) is 20.7 Å². The van der Waals surface area contributed by atoms with E-state index in [2.05, 4.69) is 20.7 Å². The van der Waals surface area contributed by atoms with Gasteiger partial charge in [-0.05, 0) is 30.2 Å². The number of imide groups is 1. The third-order valence-corrected chi connectivity index (χ3v) is 4.71. The Balaban J connectivity index is 1.52. The van der Waals surface area contributed by atoms with E-state index >= 15 is 0 Å². The number of halogens is 1. The van der Waals surface area contributed by atoms with Crippen LogP contribution in [0.1, 0.15) is 12.0 Å². The maximum absolute atomic E-state index is 12.3. The number of benzene rings is 1. The Kier molecular flexibility index (Phi) is 4.75. The van der Waals surface area contributed by atoms with E-state index in [9.17, 15) is 14.4 Å². The predicted molar refractivity (Wildman–Crippen MR) is 87.6 cm³/mol. The third-order valence-electron chi connectivity index (χ3n) is 4.22. The van der Waals surface area contributed by atoms with E-state index in [-0.39, 0.29) is 24.5 Å². The lowest BCUT2D eigenvalue weighted by molar-refractivity contribution is -0.142. The summed E-state index contributed by atoms with van der Waals surface area (Å²) in [7, 11) is 1.60. The minimum absolute atomic E-state index is 0.00621. The lowest BCUT2D eigenvalue weighted by Crippen LogP contribution is -2.62. The van der Waals surface area contributed by atoms with E-state index in [1.165, 1.54) is 0 Å². The monoisotopic (exact) mass is 396 g/mol. The number of hydrogen-bond acceptors (Lipinski definition) is 5. The molecule has 0 unspecified atom stereocenters. The molecular weight excluding hydrogens is 380 g/mol. The van der Waals surface area contributed by atoms with Crippen molar-refractivity contribution in [2.75, 3.05) is 26.8 Å². The summed E-state index contributed by atoms with van der Waals surface area (Å²) in [6.07, 6.45) is 0.293. The van der Waals surface area contributed by atoms with Crippen LogP contribution in [0.15, 0.2) is 22.7 Å². The van der Waals surface area contributed by atoms with Crippen molar-refractivity contribution < 1.29 is 23.9 Å². The molecule has 0 aliphatic carbocycles. The number of ether oxygens (including phenoxy) is 2. The second kappa shape index (κ2) is 6.80. The first kappa shape index (κ1) is 16.8. The van der Waals surface area contributed by atoms with Crippen LogP contribution in [0, 0.1) is 0 Å². The molecule has 2 heterocycles. The number of cyclic esters (lactones) is 1. The molecule has 3 amide bonds. The molecule has 24 heavy (non-hydrogen) atoms. The van der Waals surface area contributed by atoms with Crippen molar-refractivity contribution in [1.29, 1.82) is 0 Å². The van der Waals surface area contributed by atoms with Crippen molar-refractivity contribution in [2.24, 2.45) is 0 Å². The van der Waals surface area contributed by atoms with Crippen molar-refractivity contribution >= 4 is 33.8 Å². The van der Waals surface area contributed by atoms with Gasteiger partial charge in [-0.15, -0.1) is 0 Å². The van der Waals surface area contributed by atoms with Crippen LogP contribution in [-0.2, 0) is 20.7 Å². The fourth-order valence-corrected chi connectivity index (χ4v) is 3.29. The van der Waals surface area contributed by atoms with Crippen LogP contribution in [0.5, 0.6) is 5.75 Å². The molecule has 1 aromatic carbocycles. The summed E-state index contributed by atoms with van der Waals surface area (Å²) >= 11 is 3.41. The number of hydrogen-bond donors (Lipinski definition) is 0. The molecule has 0 N–H and O–H groups in total. The summed E-state index contributed by atoms with van der Waals surface area (Å²) < 4.78 is 10.9. The van der Waals surface area contributed by atoms with Gasteiger partial charge in [-0.1, -0.05) is 15.9 Å².